The molecule has 0 unspecified atom stereocenters. The van der Waals surface area contributed by atoms with Crippen LogP contribution in [-0.2, 0) is 24.0 Å². The summed E-state index contributed by atoms with van der Waals surface area (Å²) in [4.78, 5) is 23.9. The highest BCUT2D eigenvalue weighted by atomic mass is 35.5. The van der Waals surface area contributed by atoms with Crippen LogP contribution < -0.4 is 11.1 Å². The molecule has 31 heavy (non-hydrogen) atoms. The van der Waals surface area contributed by atoms with E-state index >= 15 is 0 Å². The Balaban J connectivity index is 1.42. The van der Waals surface area contributed by atoms with Crippen LogP contribution in [0.4, 0.5) is 23.8 Å². The van der Waals surface area contributed by atoms with Gasteiger partial charge in [0, 0.05) is 18.1 Å². The van der Waals surface area contributed by atoms with Gasteiger partial charge in [0.1, 0.15) is 5.52 Å². The first-order valence-electron chi connectivity index (χ1n) is 9.05. The Morgan fingerprint density at radius 1 is 1.23 bits per heavy atom. The molecule has 0 spiro atoms. The number of alkyl halides is 3. The molecular weight excluding hydrogens is 460 g/mol. The molecule has 13 heteroatoms. The van der Waals surface area contributed by atoms with E-state index < -0.39 is 17.8 Å². The van der Waals surface area contributed by atoms with Crippen molar-refractivity contribution in [1.82, 2.24) is 24.8 Å². The second-order valence-corrected chi connectivity index (χ2v) is 7.23. The molecule has 0 bridgehead atoms. The smallest absolute Gasteiger partial charge is 0.416 e. The van der Waals surface area contributed by atoms with Crippen LogP contribution in [0.15, 0.2) is 24.5 Å². The van der Waals surface area contributed by atoms with Crippen molar-refractivity contribution >= 4 is 46.3 Å². The molecule has 8 nitrogen and oxygen atoms in total. The number of imidazole rings is 1. The lowest BCUT2D eigenvalue weighted by molar-refractivity contribution is -0.137. The van der Waals surface area contributed by atoms with E-state index in [-0.39, 0.29) is 34.8 Å². The van der Waals surface area contributed by atoms with Crippen LogP contribution in [0.1, 0.15) is 24.0 Å². The Bertz CT molecular complexity index is 1090. The summed E-state index contributed by atoms with van der Waals surface area (Å²) in [5.41, 5.74) is 6.00. The van der Waals surface area contributed by atoms with Gasteiger partial charge in [-0.25, -0.2) is 9.78 Å². The normalized spacial score (nSPS) is 11.6. The van der Waals surface area contributed by atoms with Gasteiger partial charge < -0.3 is 20.4 Å². The van der Waals surface area contributed by atoms with Gasteiger partial charge in [0.15, 0.2) is 11.5 Å². The van der Waals surface area contributed by atoms with Gasteiger partial charge in [0.25, 0.3) is 0 Å². The Kier molecular flexibility index (Phi) is 7.06. The van der Waals surface area contributed by atoms with Crippen LogP contribution in [0, 0.1) is 0 Å². The molecule has 3 aromatic rings. The van der Waals surface area contributed by atoms with Crippen molar-refractivity contribution in [2.24, 2.45) is 0 Å². The van der Waals surface area contributed by atoms with Crippen molar-refractivity contribution < 1.29 is 22.7 Å². The number of carbonyl (C=O) groups is 1. The van der Waals surface area contributed by atoms with Gasteiger partial charge in [-0.15, -0.1) is 0 Å². The third-order valence-corrected chi connectivity index (χ3v) is 4.82. The number of ether oxygens (including phenoxy) is 1. The first-order chi connectivity index (χ1) is 14.6. The molecule has 166 valence electrons. The third kappa shape index (κ3) is 5.88. The van der Waals surface area contributed by atoms with E-state index in [0.717, 1.165) is 18.2 Å². The number of rotatable bonds is 7. The van der Waals surface area contributed by atoms with E-state index in [9.17, 15) is 18.0 Å². The van der Waals surface area contributed by atoms with Crippen LogP contribution >= 0.6 is 23.2 Å². The molecule has 3 N–H and O–H groups in total. The van der Waals surface area contributed by atoms with Crippen LogP contribution in [0.3, 0.4) is 0 Å². The maximum absolute atomic E-state index is 12.8. The fraction of sp³-hybridized carbons (Fsp3) is 0.333. The standard InChI is InChI=1S/C18H17Cl2F3N6O2/c19-12-4-3-11(18(21,22)23)7-10(12)8-25-17(30)31-6-2-1-5-29-9-26-13-14(24)27-16(20)28-15(13)29/h3-4,7,9H,1-2,5-6,8H2,(H,25,30)(H2,24,27,28). The first-order valence-corrected chi connectivity index (χ1v) is 9.81. The van der Waals surface area contributed by atoms with Crippen molar-refractivity contribution in [3.8, 4) is 0 Å². The predicted molar refractivity (Wildman–Crippen MR) is 109 cm³/mol. The lowest BCUT2D eigenvalue weighted by Gasteiger charge is -2.11. The number of aromatic nitrogens is 4. The van der Waals surface area contributed by atoms with Crippen LogP contribution in [0.2, 0.25) is 10.3 Å². The molecule has 0 atom stereocenters. The molecule has 1 amide bonds. The number of hydrogen-bond donors (Lipinski definition) is 2. The molecule has 1 aromatic carbocycles. The number of carbonyl (C=O) groups excluding carboxylic acids is 1. The monoisotopic (exact) mass is 476 g/mol. The van der Waals surface area contributed by atoms with E-state index in [0.29, 0.717) is 30.6 Å². The summed E-state index contributed by atoms with van der Waals surface area (Å²) in [6.07, 6.45) is -2.51. The number of hydrogen-bond acceptors (Lipinski definition) is 6. The summed E-state index contributed by atoms with van der Waals surface area (Å²) < 4.78 is 45.2. The number of benzene rings is 1. The minimum Gasteiger partial charge on any atom is -0.450 e. The fourth-order valence-electron chi connectivity index (χ4n) is 2.76. The summed E-state index contributed by atoms with van der Waals surface area (Å²) in [6.45, 7) is 0.464. The van der Waals surface area contributed by atoms with E-state index in [2.05, 4.69) is 20.3 Å². The van der Waals surface area contributed by atoms with Crippen molar-refractivity contribution in [1.29, 1.82) is 0 Å². The molecule has 0 aliphatic heterocycles. The summed E-state index contributed by atoms with van der Waals surface area (Å²) in [5.74, 6) is 0.189. The van der Waals surface area contributed by atoms with Crippen molar-refractivity contribution in [3.05, 3.63) is 46.0 Å². The molecule has 2 aromatic heterocycles. The zero-order valence-corrected chi connectivity index (χ0v) is 17.4. The number of anilines is 1. The fourth-order valence-corrected chi connectivity index (χ4v) is 3.11. The second kappa shape index (κ2) is 9.56. The number of nitrogens with one attached hydrogen (secondary N) is 1. The summed E-state index contributed by atoms with van der Waals surface area (Å²) in [7, 11) is 0. The zero-order valence-electron chi connectivity index (χ0n) is 15.9. The van der Waals surface area contributed by atoms with Crippen LogP contribution in [-0.4, -0.2) is 32.2 Å². The molecule has 0 saturated heterocycles. The lowest BCUT2D eigenvalue weighted by atomic mass is 10.1. The quantitative estimate of drug-likeness (QED) is 0.385. The molecule has 0 fully saturated rings. The minimum atomic E-state index is -4.50. The average Bonchev–Trinajstić information content (AvgIpc) is 3.09. The first kappa shape index (κ1) is 22.9. The van der Waals surface area contributed by atoms with Gasteiger partial charge in [-0.2, -0.15) is 23.1 Å². The van der Waals surface area contributed by atoms with Crippen LogP contribution in [0.25, 0.3) is 11.2 Å². The van der Waals surface area contributed by atoms with E-state index in [1.165, 1.54) is 0 Å². The largest absolute Gasteiger partial charge is 0.450 e. The molecule has 0 aliphatic rings. The zero-order chi connectivity index (χ0) is 22.6. The van der Waals surface area contributed by atoms with E-state index in [1.807, 2.05) is 0 Å². The van der Waals surface area contributed by atoms with Crippen molar-refractivity contribution in [2.45, 2.75) is 32.1 Å². The Morgan fingerprint density at radius 2 is 2.00 bits per heavy atom. The second-order valence-electron chi connectivity index (χ2n) is 6.49. The third-order valence-electron chi connectivity index (χ3n) is 4.29. The summed E-state index contributed by atoms with van der Waals surface area (Å²) in [6, 6.07) is 2.90. The predicted octanol–water partition coefficient (Wildman–Crippen LogP) is 4.44. The molecule has 0 aliphatic carbocycles. The van der Waals surface area contributed by atoms with Gasteiger partial charge in [-0.05, 0) is 48.2 Å². The SMILES string of the molecule is Nc1nc(Cl)nc2c1ncn2CCCCOC(=O)NCc1cc(C(F)(F)F)ccc1Cl. The number of nitrogens with two attached hydrogens (primary N) is 1. The Morgan fingerprint density at radius 3 is 2.74 bits per heavy atom. The number of alkyl carbamates (subject to hydrolysis) is 1. The van der Waals surface area contributed by atoms with Gasteiger partial charge in [-0.3, -0.25) is 0 Å². The van der Waals surface area contributed by atoms with Gasteiger partial charge in [-0.1, -0.05) is 11.6 Å². The molecular formula is C18H17Cl2F3N6O2. The Hall–Kier alpha value is -2.79. The highest BCUT2D eigenvalue weighted by Crippen LogP contribution is 2.31. The minimum absolute atomic E-state index is 0.0210. The molecule has 3 rings (SSSR count). The highest BCUT2D eigenvalue weighted by Gasteiger charge is 2.30. The number of aryl methyl sites for hydroxylation is 1. The summed E-state index contributed by atoms with van der Waals surface area (Å²) in [5, 5.41) is 2.52. The van der Waals surface area contributed by atoms with Gasteiger partial charge in [0.2, 0.25) is 5.28 Å². The number of unbranched alkanes of at least 4 members (excludes halogenated alkanes) is 1. The van der Waals surface area contributed by atoms with Gasteiger partial charge >= 0.3 is 12.3 Å². The Labute approximate surface area is 184 Å². The van der Waals surface area contributed by atoms with Crippen LogP contribution in [0.5, 0.6) is 0 Å². The number of nitrogen functional groups attached to an aromatic ring is 1. The number of amides is 1. The summed E-state index contributed by atoms with van der Waals surface area (Å²) >= 11 is 11.7. The maximum Gasteiger partial charge on any atom is 0.416 e. The topological polar surface area (TPSA) is 108 Å². The number of nitrogens with zero attached hydrogens (tertiary/aromatic N) is 4. The number of halogens is 5. The average molecular weight is 477 g/mol. The molecule has 0 saturated carbocycles. The van der Waals surface area contributed by atoms with E-state index in [1.54, 1.807) is 10.9 Å². The van der Waals surface area contributed by atoms with E-state index in [4.69, 9.17) is 33.7 Å². The number of fused-ring (bicyclic) bond motifs is 1. The van der Waals surface area contributed by atoms with Crippen molar-refractivity contribution in [2.75, 3.05) is 12.3 Å². The molecule has 0 radical (unpaired) electrons. The van der Waals surface area contributed by atoms with Crippen molar-refractivity contribution in [3.63, 3.8) is 0 Å². The van der Waals surface area contributed by atoms with Gasteiger partial charge in [0.05, 0.1) is 18.5 Å². The highest BCUT2D eigenvalue weighted by molar-refractivity contribution is 6.31. The molecule has 2 heterocycles. The maximum atomic E-state index is 12.8. The lowest BCUT2D eigenvalue weighted by Crippen LogP contribution is -2.24.